The summed E-state index contributed by atoms with van der Waals surface area (Å²) < 4.78 is 5.75. The van der Waals surface area contributed by atoms with Crippen LogP contribution in [-0.4, -0.2) is 42.2 Å². The fourth-order valence-corrected chi connectivity index (χ4v) is 2.31. The van der Waals surface area contributed by atoms with Crippen LogP contribution in [0.2, 0.25) is 0 Å². The molecule has 110 valence electrons. The Hall–Kier alpha value is -2.37. The zero-order valence-electron chi connectivity index (χ0n) is 12.6. The molecule has 0 fully saturated rings. The maximum Gasteiger partial charge on any atom is 0.230 e. The highest BCUT2D eigenvalue weighted by Crippen LogP contribution is 2.35. The van der Waals surface area contributed by atoms with E-state index in [9.17, 15) is 0 Å². The van der Waals surface area contributed by atoms with Gasteiger partial charge in [-0.15, -0.1) is 0 Å². The van der Waals surface area contributed by atoms with E-state index in [1.54, 1.807) is 0 Å². The van der Waals surface area contributed by atoms with Crippen LogP contribution >= 0.6 is 0 Å². The largest absolute Gasteiger partial charge is 0.492 e. The van der Waals surface area contributed by atoms with Crippen LogP contribution in [0.4, 0.5) is 11.9 Å². The van der Waals surface area contributed by atoms with Gasteiger partial charge in [-0.25, -0.2) is 0 Å². The lowest BCUT2D eigenvalue weighted by Crippen LogP contribution is -2.16. The molecule has 0 bridgehead atoms. The summed E-state index contributed by atoms with van der Waals surface area (Å²) in [6.45, 7) is 3.50. The minimum atomic E-state index is 0.585. The normalized spacial score (nSPS) is 12.7. The zero-order valence-corrected chi connectivity index (χ0v) is 12.6. The third kappa shape index (κ3) is 2.61. The van der Waals surface area contributed by atoms with E-state index in [-0.39, 0.29) is 0 Å². The van der Waals surface area contributed by atoms with Crippen molar-refractivity contribution < 1.29 is 4.74 Å². The number of aromatic nitrogens is 3. The van der Waals surface area contributed by atoms with Crippen molar-refractivity contribution in [3.63, 3.8) is 0 Å². The molecular weight excluding hydrogens is 266 g/mol. The molecule has 0 amide bonds. The summed E-state index contributed by atoms with van der Waals surface area (Å²) in [5, 5.41) is 3.15. The van der Waals surface area contributed by atoms with Gasteiger partial charge in [0.25, 0.3) is 0 Å². The molecule has 1 aromatic heterocycles. The van der Waals surface area contributed by atoms with E-state index in [1.807, 2.05) is 38.1 Å². The Morgan fingerprint density at radius 1 is 1.24 bits per heavy atom. The van der Waals surface area contributed by atoms with Gasteiger partial charge in [0.2, 0.25) is 11.9 Å². The van der Waals surface area contributed by atoms with Crippen LogP contribution < -0.4 is 15.0 Å². The molecule has 6 heteroatoms. The van der Waals surface area contributed by atoms with Gasteiger partial charge in [0, 0.05) is 27.1 Å². The summed E-state index contributed by atoms with van der Waals surface area (Å²) in [5.41, 5.74) is 2.14. The number of anilines is 2. The van der Waals surface area contributed by atoms with Crippen molar-refractivity contribution in [3.8, 4) is 17.1 Å². The highest BCUT2D eigenvalue weighted by Gasteiger charge is 2.20. The second-order valence-electron chi connectivity index (χ2n) is 5.10. The van der Waals surface area contributed by atoms with Gasteiger partial charge in [0.1, 0.15) is 5.75 Å². The molecule has 0 saturated carbocycles. The van der Waals surface area contributed by atoms with Crippen LogP contribution in [0, 0.1) is 0 Å². The number of nitrogens with zero attached hydrogens (tertiary/aromatic N) is 4. The molecule has 1 N–H and O–H groups in total. The minimum absolute atomic E-state index is 0.585. The van der Waals surface area contributed by atoms with E-state index >= 15 is 0 Å². The van der Waals surface area contributed by atoms with Gasteiger partial charge >= 0.3 is 0 Å². The first-order chi connectivity index (χ1) is 10.2. The lowest BCUT2D eigenvalue weighted by molar-refractivity contribution is 0.358. The third-order valence-electron chi connectivity index (χ3n) is 3.31. The first-order valence-corrected chi connectivity index (χ1v) is 7.11. The van der Waals surface area contributed by atoms with Gasteiger partial charge in [-0.2, -0.15) is 15.0 Å². The molecule has 0 spiro atoms. The second-order valence-corrected chi connectivity index (χ2v) is 5.10. The maximum absolute atomic E-state index is 5.75. The summed E-state index contributed by atoms with van der Waals surface area (Å²) in [6, 6.07) is 6.11. The molecule has 1 aliphatic heterocycles. The Morgan fingerprint density at radius 2 is 2.10 bits per heavy atom. The summed E-state index contributed by atoms with van der Waals surface area (Å²) >= 11 is 0. The van der Waals surface area contributed by atoms with Gasteiger partial charge in [-0.1, -0.05) is 12.1 Å². The van der Waals surface area contributed by atoms with Crippen LogP contribution in [0.15, 0.2) is 18.2 Å². The molecule has 6 nitrogen and oxygen atoms in total. The molecule has 0 radical (unpaired) electrons. The van der Waals surface area contributed by atoms with Gasteiger partial charge < -0.3 is 15.0 Å². The van der Waals surface area contributed by atoms with Crippen LogP contribution in [0.25, 0.3) is 11.4 Å². The molecule has 21 heavy (non-hydrogen) atoms. The van der Waals surface area contributed by atoms with Crippen molar-refractivity contribution in [2.45, 2.75) is 13.3 Å². The van der Waals surface area contributed by atoms with Gasteiger partial charge in [-0.05, 0) is 18.6 Å². The summed E-state index contributed by atoms with van der Waals surface area (Å²) in [5.74, 6) is 2.76. The fourth-order valence-electron chi connectivity index (χ4n) is 2.31. The van der Waals surface area contributed by atoms with Crippen LogP contribution in [-0.2, 0) is 6.42 Å². The predicted molar refractivity (Wildman–Crippen MR) is 83.0 cm³/mol. The van der Waals surface area contributed by atoms with Crippen LogP contribution in [0.5, 0.6) is 5.75 Å². The molecule has 3 rings (SSSR count). The quantitative estimate of drug-likeness (QED) is 0.926. The number of hydrogen-bond acceptors (Lipinski definition) is 6. The second kappa shape index (κ2) is 5.55. The monoisotopic (exact) mass is 285 g/mol. The SMILES string of the molecule is CCNc1nc(-c2cccc3c2OCC3)nc(N(C)C)n1. The number of ether oxygens (including phenoxy) is 1. The van der Waals surface area contributed by atoms with Crippen molar-refractivity contribution in [3.05, 3.63) is 23.8 Å². The molecular formula is C15H19N5O. The summed E-state index contributed by atoms with van der Waals surface area (Å²) in [7, 11) is 3.83. The van der Waals surface area contributed by atoms with Crippen molar-refractivity contribution in [1.82, 2.24) is 15.0 Å². The lowest BCUT2D eigenvalue weighted by Gasteiger charge is -2.14. The van der Waals surface area contributed by atoms with Gasteiger partial charge in [0.05, 0.1) is 12.2 Å². The van der Waals surface area contributed by atoms with E-state index < -0.39 is 0 Å². The fraction of sp³-hybridized carbons (Fsp3) is 0.400. The minimum Gasteiger partial charge on any atom is -0.492 e. The Morgan fingerprint density at radius 3 is 2.86 bits per heavy atom. The van der Waals surface area contributed by atoms with E-state index in [0.717, 1.165) is 30.9 Å². The summed E-state index contributed by atoms with van der Waals surface area (Å²) in [6.07, 6.45) is 0.939. The number of benzene rings is 1. The molecule has 1 aliphatic rings. The predicted octanol–water partition coefficient (Wildman–Crippen LogP) is 1.97. The topological polar surface area (TPSA) is 63.2 Å². The first-order valence-electron chi connectivity index (χ1n) is 7.11. The average molecular weight is 285 g/mol. The number of nitrogens with one attached hydrogen (secondary N) is 1. The van der Waals surface area contributed by atoms with E-state index in [2.05, 4.69) is 26.3 Å². The van der Waals surface area contributed by atoms with E-state index in [0.29, 0.717) is 17.7 Å². The average Bonchev–Trinajstić information content (AvgIpc) is 2.95. The van der Waals surface area contributed by atoms with Crippen molar-refractivity contribution in [1.29, 1.82) is 0 Å². The molecule has 0 aliphatic carbocycles. The number of hydrogen-bond donors (Lipinski definition) is 1. The maximum atomic E-state index is 5.75. The highest BCUT2D eigenvalue weighted by atomic mass is 16.5. The van der Waals surface area contributed by atoms with E-state index in [1.165, 1.54) is 5.56 Å². The molecule has 1 aromatic carbocycles. The number of fused-ring (bicyclic) bond motifs is 1. The third-order valence-corrected chi connectivity index (χ3v) is 3.31. The highest BCUT2D eigenvalue weighted by molar-refractivity contribution is 5.69. The Labute approximate surface area is 124 Å². The van der Waals surface area contributed by atoms with Gasteiger partial charge in [0.15, 0.2) is 5.82 Å². The summed E-state index contributed by atoms with van der Waals surface area (Å²) in [4.78, 5) is 15.3. The zero-order chi connectivity index (χ0) is 14.8. The first kappa shape index (κ1) is 13.6. The smallest absolute Gasteiger partial charge is 0.230 e. The molecule has 2 heterocycles. The standard InChI is InChI=1S/C15H19N5O/c1-4-16-14-17-13(18-15(19-14)20(2)3)11-7-5-6-10-8-9-21-12(10)11/h5-7H,4,8-9H2,1-3H3,(H,16,17,18,19). The number of rotatable bonds is 4. The van der Waals surface area contributed by atoms with Gasteiger partial charge in [-0.3, -0.25) is 0 Å². The Balaban J connectivity index is 2.11. The Kier molecular flexibility index (Phi) is 3.60. The molecule has 0 saturated heterocycles. The van der Waals surface area contributed by atoms with Crippen LogP contribution in [0.1, 0.15) is 12.5 Å². The van der Waals surface area contributed by atoms with Crippen molar-refractivity contribution in [2.24, 2.45) is 0 Å². The lowest BCUT2D eigenvalue weighted by atomic mass is 10.1. The number of para-hydroxylation sites is 1. The van der Waals surface area contributed by atoms with Crippen LogP contribution in [0.3, 0.4) is 0 Å². The van der Waals surface area contributed by atoms with Crippen molar-refractivity contribution >= 4 is 11.9 Å². The van der Waals surface area contributed by atoms with Crippen molar-refractivity contribution in [2.75, 3.05) is 37.5 Å². The van der Waals surface area contributed by atoms with E-state index in [4.69, 9.17) is 4.74 Å². The molecule has 0 unspecified atom stereocenters. The Bertz CT molecular complexity index is 657. The molecule has 0 atom stereocenters. The molecule has 2 aromatic rings.